The van der Waals surface area contributed by atoms with Gasteiger partial charge >= 0.3 is 6.18 Å². The van der Waals surface area contributed by atoms with Gasteiger partial charge in [0.2, 0.25) is 0 Å². The highest BCUT2D eigenvalue weighted by atomic mass is 19.4. The van der Waals surface area contributed by atoms with E-state index in [4.69, 9.17) is 4.74 Å². The Morgan fingerprint density at radius 2 is 2.04 bits per heavy atom. The molecule has 2 aromatic carbocycles. The van der Waals surface area contributed by atoms with Crippen molar-refractivity contribution in [3.8, 4) is 0 Å². The van der Waals surface area contributed by atoms with Crippen molar-refractivity contribution in [1.82, 2.24) is 10.2 Å². The fourth-order valence-corrected chi connectivity index (χ4v) is 3.39. The molecule has 7 heteroatoms. The van der Waals surface area contributed by atoms with Crippen LogP contribution >= 0.6 is 0 Å². The van der Waals surface area contributed by atoms with Crippen molar-refractivity contribution in [1.29, 1.82) is 0 Å². The molecule has 3 rings (SSSR count). The third-order valence-corrected chi connectivity index (χ3v) is 4.71. The second kappa shape index (κ2) is 7.60. The van der Waals surface area contributed by atoms with Crippen LogP contribution in [-0.2, 0) is 17.3 Å². The first-order valence-electron chi connectivity index (χ1n) is 8.62. The summed E-state index contributed by atoms with van der Waals surface area (Å²) in [6, 6.07) is 6.06. The molecule has 4 nitrogen and oxygen atoms in total. The lowest BCUT2D eigenvalue weighted by atomic mass is 9.93. The number of alkyl halides is 3. The van der Waals surface area contributed by atoms with Gasteiger partial charge in [-0.1, -0.05) is 0 Å². The molecule has 0 spiro atoms. The van der Waals surface area contributed by atoms with E-state index in [9.17, 15) is 18.0 Å². The monoisotopic (exact) mass is 378 g/mol. The van der Waals surface area contributed by atoms with Gasteiger partial charge in [0.25, 0.3) is 0 Å². The minimum absolute atomic E-state index is 0.182. The van der Waals surface area contributed by atoms with Gasteiger partial charge < -0.3 is 15.0 Å². The molecule has 0 saturated carbocycles. The van der Waals surface area contributed by atoms with Gasteiger partial charge in [-0.2, -0.15) is 13.2 Å². The van der Waals surface area contributed by atoms with Crippen molar-refractivity contribution >= 4 is 22.8 Å². The number of rotatable bonds is 6. The molecule has 0 unspecified atom stereocenters. The second-order valence-corrected chi connectivity index (χ2v) is 6.60. The zero-order chi connectivity index (χ0) is 19.6. The summed E-state index contributed by atoms with van der Waals surface area (Å²) in [5, 5.41) is 4.00. The highest BCUT2D eigenvalue weighted by Crippen LogP contribution is 2.37. The summed E-state index contributed by atoms with van der Waals surface area (Å²) in [6.07, 6.45) is -1.27. The van der Waals surface area contributed by atoms with E-state index in [2.05, 4.69) is 5.32 Å². The van der Waals surface area contributed by atoms with Crippen LogP contribution in [0.5, 0.6) is 0 Å². The first-order valence-corrected chi connectivity index (χ1v) is 8.62. The zero-order valence-electron chi connectivity index (χ0n) is 15.2. The lowest BCUT2D eigenvalue weighted by Gasteiger charge is -2.18. The summed E-state index contributed by atoms with van der Waals surface area (Å²) in [6.45, 7) is 0.984. The van der Waals surface area contributed by atoms with Crippen molar-refractivity contribution in [2.45, 2.75) is 19.0 Å². The summed E-state index contributed by atoms with van der Waals surface area (Å²) in [7, 11) is 3.39. The Kier molecular flexibility index (Phi) is 5.41. The van der Waals surface area contributed by atoms with E-state index in [1.807, 2.05) is 11.9 Å². The average Bonchev–Trinajstić information content (AvgIpc) is 3.05. The number of aryl methyl sites for hydroxylation is 1. The Bertz CT molecular complexity index is 891. The molecule has 0 saturated heterocycles. The maximum atomic E-state index is 13.6. The van der Waals surface area contributed by atoms with E-state index in [0.29, 0.717) is 47.9 Å². The summed E-state index contributed by atoms with van der Waals surface area (Å²) in [5.74, 6) is 0. The van der Waals surface area contributed by atoms with E-state index in [1.54, 1.807) is 18.3 Å². The lowest BCUT2D eigenvalue weighted by Crippen LogP contribution is -2.18. The van der Waals surface area contributed by atoms with Gasteiger partial charge in [-0.15, -0.1) is 0 Å². The van der Waals surface area contributed by atoms with E-state index in [0.717, 1.165) is 11.8 Å². The molecular weight excluding hydrogens is 357 g/mol. The Balaban J connectivity index is 2.17. The van der Waals surface area contributed by atoms with E-state index in [-0.39, 0.29) is 12.0 Å². The Labute approximate surface area is 155 Å². The smallest absolute Gasteiger partial charge is 0.385 e. The van der Waals surface area contributed by atoms with Crippen molar-refractivity contribution in [3.63, 3.8) is 0 Å². The highest BCUT2D eigenvalue weighted by Gasteiger charge is 2.33. The molecule has 1 aliphatic heterocycles. The van der Waals surface area contributed by atoms with Crippen LogP contribution in [0.15, 0.2) is 30.5 Å². The predicted molar refractivity (Wildman–Crippen MR) is 98.3 cm³/mol. The average molecular weight is 378 g/mol. The molecule has 144 valence electrons. The number of halogens is 3. The molecule has 2 aromatic rings. The maximum Gasteiger partial charge on any atom is 0.416 e. The molecular formula is C20H21F3N2O2. The number of hydrogen-bond acceptors (Lipinski definition) is 4. The van der Waals surface area contributed by atoms with E-state index in [1.165, 1.54) is 13.2 Å². The normalized spacial score (nSPS) is 14.4. The number of carbonyl (C=O) groups is 1. The summed E-state index contributed by atoms with van der Waals surface area (Å²) < 4.78 is 45.8. The number of benzene rings is 2. The van der Waals surface area contributed by atoms with Crippen molar-refractivity contribution in [2.24, 2.45) is 0 Å². The van der Waals surface area contributed by atoms with Gasteiger partial charge in [0.05, 0.1) is 17.9 Å². The molecule has 27 heavy (non-hydrogen) atoms. The number of aldehydes is 1. The molecule has 0 bridgehead atoms. The van der Waals surface area contributed by atoms with Crippen LogP contribution in [0.25, 0.3) is 16.5 Å². The lowest BCUT2D eigenvalue weighted by molar-refractivity contribution is -0.138. The van der Waals surface area contributed by atoms with Crippen LogP contribution in [0, 0.1) is 0 Å². The third kappa shape index (κ3) is 3.93. The topological polar surface area (TPSA) is 41.6 Å². The van der Waals surface area contributed by atoms with E-state index < -0.39 is 11.7 Å². The Morgan fingerprint density at radius 3 is 2.63 bits per heavy atom. The number of hydrogen-bond donors (Lipinski definition) is 1. The molecule has 0 amide bonds. The van der Waals surface area contributed by atoms with Crippen molar-refractivity contribution in [2.75, 3.05) is 27.4 Å². The van der Waals surface area contributed by atoms with Gasteiger partial charge in [-0.05, 0) is 53.4 Å². The fraction of sp³-hybridized carbons (Fsp3) is 0.350. The molecule has 0 radical (unpaired) electrons. The minimum atomic E-state index is -4.46. The number of carbonyl (C=O) groups excluding carboxylic acids is 1. The van der Waals surface area contributed by atoms with Crippen molar-refractivity contribution in [3.05, 3.63) is 52.7 Å². The molecule has 1 aliphatic rings. The molecule has 0 fully saturated rings. The van der Waals surface area contributed by atoms with Crippen LogP contribution in [0.4, 0.5) is 13.2 Å². The Hall–Kier alpha value is -2.54. The largest absolute Gasteiger partial charge is 0.416 e. The number of methoxy groups -OCH3 is 1. The highest BCUT2D eigenvalue weighted by molar-refractivity contribution is 6.00. The summed E-state index contributed by atoms with van der Waals surface area (Å²) >= 11 is 0. The quantitative estimate of drug-likeness (QED) is 0.609. The van der Waals surface area contributed by atoms with Gasteiger partial charge in [0.1, 0.15) is 0 Å². The van der Waals surface area contributed by atoms with Gasteiger partial charge in [-0.25, -0.2) is 0 Å². The number of ether oxygens (including phenoxy) is 1. The standard InChI is InChI=1S/C20H21F3N2O2/c1-25-12-24-10-19(25)15-6-14-9-18(20(21,22)23)13(4-3-5-27-2)8-17(14)16(7-15)11-26/h6-11,24H,3-5,12H2,1-2H3. The van der Waals surface area contributed by atoms with Crippen LogP contribution in [0.1, 0.15) is 33.5 Å². The fourth-order valence-electron chi connectivity index (χ4n) is 3.39. The van der Waals surface area contributed by atoms with Crippen LogP contribution in [-0.4, -0.2) is 38.6 Å². The first kappa shape index (κ1) is 19.2. The molecule has 1 N–H and O–H groups in total. The number of nitrogens with zero attached hydrogens (tertiary/aromatic N) is 1. The van der Waals surface area contributed by atoms with Crippen LogP contribution in [0.2, 0.25) is 0 Å². The molecule has 0 aromatic heterocycles. The van der Waals surface area contributed by atoms with Crippen molar-refractivity contribution < 1.29 is 22.7 Å². The zero-order valence-corrected chi connectivity index (χ0v) is 15.2. The SMILES string of the molecule is COCCCc1cc2c(C=O)cc(C3=CNCN3C)cc2cc1C(F)(F)F. The predicted octanol–water partition coefficient (Wildman–Crippen LogP) is 4.04. The summed E-state index contributed by atoms with van der Waals surface area (Å²) in [5.41, 5.74) is 1.44. The number of nitrogens with one attached hydrogen (secondary N) is 1. The summed E-state index contributed by atoms with van der Waals surface area (Å²) in [4.78, 5) is 13.6. The molecule has 1 heterocycles. The number of fused-ring (bicyclic) bond motifs is 1. The minimum Gasteiger partial charge on any atom is -0.385 e. The second-order valence-electron chi connectivity index (χ2n) is 6.60. The van der Waals surface area contributed by atoms with Crippen LogP contribution < -0.4 is 5.32 Å². The first-order chi connectivity index (χ1) is 12.8. The maximum absolute atomic E-state index is 13.6. The van der Waals surface area contributed by atoms with E-state index >= 15 is 0 Å². The van der Waals surface area contributed by atoms with Gasteiger partial charge in [0.15, 0.2) is 6.29 Å². The van der Waals surface area contributed by atoms with Gasteiger partial charge in [0, 0.05) is 38.1 Å². The Morgan fingerprint density at radius 1 is 1.26 bits per heavy atom. The third-order valence-electron chi connectivity index (χ3n) is 4.71. The molecule has 0 aliphatic carbocycles. The molecule has 0 atom stereocenters. The van der Waals surface area contributed by atoms with Crippen LogP contribution in [0.3, 0.4) is 0 Å². The van der Waals surface area contributed by atoms with Gasteiger partial charge in [-0.3, -0.25) is 4.79 Å².